The number of hydrogen-bond donors (Lipinski definition) is 1. The van der Waals surface area contributed by atoms with Crippen molar-refractivity contribution in [3.63, 3.8) is 0 Å². The summed E-state index contributed by atoms with van der Waals surface area (Å²) in [5.41, 5.74) is 4.08. The highest BCUT2D eigenvalue weighted by atomic mass is 32.2. The van der Waals surface area contributed by atoms with Gasteiger partial charge < -0.3 is 10.2 Å². The van der Waals surface area contributed by atoms with E-state index in [0.717, 1.165) is 26.6 Å². The molecule has 4 aromatic carbocycles. The predicted octanol–water partition coefficient (Wildman–Crippen LogP) is 6.73. The van der Waals surface area contributed by atoms with Gasteiger partial charge in [0, 0.05) is 19.5 Å². The van der Waals surface area contributed by atoms with Crippen LogP contribution in [0.1, 0.15) is 55.9 Å². The number of carbonyl (C=O) groups excluding carboxylic acids is 2. The molecule has 46 heavy (non-hydrogen) atoms. The Hall–Kier alpha value is -4.43. The molecule has 2 amide bonds. The fourth-order valence-electron chi connectivity index (χ4n) is 5.15. The van der Waals surface area contributed by atoms with E-state index in [-0.39, 0.29) is 35.6 Å². The summed E-state index contributed by atoms with van der Waals surface area (Å²) in [5, 5.41) is 3.02. The highest BCUT2D eigenvalue weighted by Gasteiger charge is 2.34. The smallest absolute Gasteiger partial charge is 0.264 e. The maximum atomic E-state index is 14.6. The quantitative estimate of drug-likeness (QED) is 0.166. The van der Waals surface area contributed by atoms with Gasteiger partial charge in [-0.2, -0.15) is 0 Å². The van der Waals surface area contributed by atoms with Gasteiger partial charge in [0.25, 0.3) is 10.0 Å². The summed E-state index contributed by atoms with van der Waals surface area (Å²) in [4.78, 5) is 30.0. The SMILES string of the molecule is Cc1ccc(S(=O)(=O)N(CC(=O)N(Cc2ccccc2)[C@H](Cc2ccccc2)C(=O)NCC(C)C)c2ccc(C(C)C)cc2)cc1. The number of anilines is 1. The lowest BCUT2D eigenvalue weighted by molar-refractivity contribution is -0.140. The van der Waals surface area contributed by atoms with Crippen LogP contribution < -0.4 is 9.62 Å². The van der Waals surface area contributed by atoms with E-state index in [9.17, 15) is 18.0 Å². The number of rotatable bonds is 14. The number of aryl methyl sites for hydroxylation is 1. The summed E-state index contributed by atoms with van der Waals surface area (Å²) in [7, 11) is -4.15. The summed E-state index contributed by atoms with van der Waals surface area (Å²) in [5.74, 6) is -0.296. The average Bonchev–Trinajstić information content (AvgIpc) is 3.05. The zero-order valence-corrected chi connectivity index (χ0v) is 28.2. The van der Waals surface area contributed by atoms with Crippen LogP contribution in [0.25, 0.3) is 0 Å². The van der Waals surface area contributed by atoms with Crippen LogP contribution in [0.3, 0.4) is 0 Å². The molecule has 8 heteroatoms. The zero-order valence-electron chi connectivity index (χ0n) is 27.4. The van der Waals surface area contributed by atoms with Crippen LogP contribution in [0.4, 0.5) is 5.69 Å². The largest absolute Gasteiger partial charge is 0.354 e. The Kier molecular flexibility index (Phi) is 11.8. The first-order chi connectivity index (χ1) is 22.0. The van der Waals surface area contributed by atoms with Crippen LogP contribution in [0, 0.1) is 12.8 Å². The van der Waals surface area contributed by atoms with Crippen LogP contribution >= 0.6 is 0 Å². The Morgan fingerprint density at radius 2 is 1.30 bits per heavy atom. The van der Waals surface area contributed by atoms with Crippen molar-refractivity contribution in [3.05, 3.63) is 131 Å². The third-order valence-corrected chi connectivity index (χ3v) is 9.68. The summed E-state index contributed by atoms with van der Waals surface area (Å²) < 4.78 is 29.6. The van der Waals surface area contributed by atoms with Crippen LogP contribution in [0.2, 0.25) is 0 Å². The Morgan fingerprint density at radius 3 is 1.85 bits per heavy atom. The van der Waals surface area contributed by atoms with Crippen molar-refractivity contribution in [3.8, 4) is 0 Å². The van der Waals surface area contributed by atoms with Crippen molar-refractivity contribution in [1.29, 1.82) is 0 Å². The molecule has 1 atom stereocenters. The lowest BCUT2D eigenvalue weighted by Gasteiger charge is -2.34. The van der Waals surface area contributed by atoms with E-state index in [1.807, 2.05) is 93.6 Å². The second-order valence-corrected chi connectivity index (χ2v) is 14.3. The van der Waals surface area contributed by atoms with Gasteiger partial charge in [-0.1, -0.05) is 118 Å². The zero-order chi connectivity index (χ0) is 33.3. The summed E-state index contributed by atoms with van der Waals surface area (Å²) in [6.45, 7) is 10.2. The third kappa shape index (κ3) is 9.07. The normalized spacial score (nSPS) is 12.2. The van der Waals surface area contributed by atoms with Gasteiger partial charge in [0.2, 0.25) is 11.8 Å². The molecule has 4 aromatic rings. The van der Waals surface area contributed by atoms with Crippen LogP contribution in [0.15, 0.2) is 114 Å². The minimum Gasteiger partial charge on any atom is -0.354 e. The molecule has 0 saturated heterocycles. The second-order valence-electron chi connectivity index (χ2n) is 12.4. The molecule has 0 saturated carbocycles. The molecule has 0 aliphatic rings. The number of hydrogen-bond acceptors (Lipinski definition) is 4. The maximum Gasteiger partial charge on any atom is 0.264 e. The monoisotopic (exact) mass is 639 g/mol. The van der Waals surface area contributed by atoms with Gasteiger partial charge in [0.1, 0.15) is 12.6 Å². The van der Waals surface area contributed by atoms with Crippen molar-refractivity contribution in [2.24, 2.45) is 5.92 Å². The summed E-state index contributed by atoms with van der Waals surface area (Å²) in [6.07, 6.45) is 0.275. The fraction of sp³-hybridized carbons (Fsp3) is 0.316. The number of nitrogens with one attached hydrogen (secondary N) is 1. The molecule has 0 unspecified atom stereocenters. The van der Waals surface area contributed by atoms with Crippen molar-refractivity contribution >= 4 is 27.5 Å². The predicted molar refractivity (Wildman–Crippen MR) is 185 cm³/mol. The van der Waals surface area contributed by atoms with Gasteiger partial charge in [-0.05, 0) is 59.7 Å². The Morgan fingerprint density at radius 1 is 0.739 bits per heavy atom. The van der Waals surface area contributed by atoms with Crippen LogP contribution in [0.5, 0.6) is 0 Å². The molecular weight excluding hydrogens is 595 g/mol. The first kappa shape index (κ1) is 34.4. The Balaban J connectivity index is 1.79. The first-order valence-corrected chi connectivity index (χ1v) is 17.2. The van der Waals surface area contributed by atoms with E-state index in [2.05, 4.69) is 19.2 Å². The summed E-state index contributed by atoms with van der Waals surface area (Å²) in [6, 6.07) is 32.0. The highest BCUT2D eigenvalue weighted by Crippen LogP contribution is 2.27. The second kappa shape index (κ2) is 15.7. The molecule has 0 radical (unpaired) electrons. The topological polar surface area (TPSA) is 86.8 Å². The fourth-order valence-corrected chi connectivity index (χ4v) is 6.56. The van der Waals surface area contributed by atoms with E-state index in [4.69, 9.17) is 0 Å². The van der Waals surface area contributed by atoms with Crippen molar-refractivity contribution in [1.82, 2.24) is 10.2 Å². The van der Waals surface area contributed by atoms with Crippen LogP contribution in [-0.2, 0) is 32.6 Å². The molecule has 1 N–H and O–H groups in total. The van der Waals surface area contributed by atoms with E-state index in [0.29, 0.717) is 12.2 Å². The Labute approximate surface area is 274 Å². The molecule has 0 aromatic heterocycles. The Bertz CT molecular complexity index is 1670. The van der Waals surface area contributed by atoms with Gasteiger partial charge >= 0.3 is 0 Å². The van der Waals surface area contributed by atoms with Gasteiger partial charge in [0.05, 0.1) is 10.6 Å². The number of nitrogens with zero attached hydrogens (tertiary/aromatic N) is 2. The standard InChI is InChI=1S/C38H45N3O4S/c1-28(2)25-39-38(43)36(24-31-12-8-6-9-13-31)40(26-32-14-10-7-11-15-32)37(42)27-41(34-20-18-33(19-21-34)29(3)4)46(44,45)35-22-16-30(5)17-23-35/h6-23,28-29,36H,24-27H2,1-5H3,(H,39,43)/t36-/m1/s1. The van der Waals surface area contributed by atoms with Crippen molar-refractivity contribution < 1.29 is 18.0 Å². The number of carbonyl (C=O) groups is 2. The molecule has 0 aliphatic heterocycles. The number of sulfonamides is 1. The lowest BCUT2D eigenvalue weighted by Crippen LogP contribution is -2.53. The highest BCUT2D eigenvalue weighted by molar-refractivity contribution is 7.92. The van der Waals surface area contributed by atoms with Crippen molar-refractivity contribution in [2.75, 3.05) is 17.4 Å². The van der Waals surface area contributed by atoms with Gasteiger partial charge in [-0.15, -0.1) is 0 Å². The molecule has 0 aliphatic carbocycles. The third-order valence-electron chi connectivity index (χ3n) is 7.89. The average molecular weight is 640 g/mol. The first-order valence-electron chi connectivity index (χ1n) is 15.8. The van der Waals surface area contributed by atoms with Crippen molar-refractivity contribution in [2.45, 2.75) is 64.4 Å². The molecule has 0 bridgehead atoms. The van der Waals surface area contributed by atoms with E-state index < -0.39 is 28.5 Å². The minimum absolute atomic E-state index is 0.0870. The lowest BCUT2D eigenvalue weighted by atomic mass is 10.0. The number of benzene rings is 4. The van der Waals surface area contributed by atoms with E-state index in [1.165, 1.54) is 4.90 Å². The molecule has 7 nitrogen and oxygen atoms in total. The van der Waals surface area contributed by atoms with E-state index >= 15 is 0 Å². The molecule has 0 spiro atoms. The van der Waals surface area contributed by atoms with Crippen LogP contribution in [-0.4, -0.2) is 44.3 Å². The summed E-state index contributed by atoms with van der Waals surface area (Å²) >= 11 is 0. The van der Waals surface area contributed by atoms with Gasteiger partial charge in [0.15, 0.2) is 0 Å². The van der Waals surface area contributed by atoms with Gasteiger partial charge in [-0.25, -0.2) is 8.42 Å². The molecular formula is C38H45N3O4S. The molecule has 0 heterocycles. The van der Waals surface area contributed by atoms with Gasteiger partial charge in [-0.3, -0.25) is 13.9 Å². The molecule has 0 fully saturated rings. The number of amides is 2. The molecule has 4 rings (SSSR count). The maximum absolute atomic E-state index is 14.6. The molecule has 242 valence electrons. The van der Waals surface area contributed by atoms with E-state index in [1.54, 1.807) is 36.4 Å². The minimum atomic E-state index is -4.15.